The van der Waals surface area contributed by atoms with Crippen LogP contribution in [0.1, 0.15) is 29.3 Å². The Morgan fingerprint density at radius 3 is 2.58 bits per heavy atom. The van der Waals surface area contributed by atoms with Gasteiger partial charge in [-0.25, -0.2) is 9.67 Å². The first-order valence-corrected chi connectivity index (χ1v) is 11.2. The molecule has 0 fully saturated rings. The average Bonchev–Trinajstić information content (AvgIpc) is 3.37. The lowest BCUT2D eigenvalue weighted by Gasteiger charge is -2.20. The van der Waals surface area contributed by atoms with E-state index in [1.54, 1.807) is 0 Å². The first-order valence-electron chi connectivity index (χ1n) is 10.8. The second-order valence-electron chi connectivity index (χ2n) is 8.11. The summed E-state index contributed by atoms with van der Waals surface area (Å²) in [4.78, 5) is 5.12. The van der Waals surface area contributed by atoms with Crippen molar-refractivity contribution in [2.75, 3.05) is 12.1 Å². The van der Waals surface area contributed by atoms with Gasteiger partial charge in [-0.3, -0.25) is 0 Å². The monoisotopic (exact) mass is 456 g/mol. The summed E-state index contributed by atoms with van der Waals surface area (Å²) in [6, 6.07) is 24.0. The number of aromatic nitrogens is 2. The molecule has 1 atom stereocenters. The highest BCUT2D eigenvalue weighted by atomic mass is 35.5. The van der Waals surface area contributed by atoms with Crippen molar-refractivity contribution in [1.29, 1.82) is 0 Å². The number of para-hydroxylation sites is 1. The molecule has 0 radical (unpaired) electrons. The number of benzene rings is 3. The van der Waals surface area contributed by atoms with Crippen LogP contribution in [0.3, 0.4) is 0 Å². The second-order valence-corrected chi connectivity index (χ2v) is 8.55. The van der Waals surface area contributed by atoms with Crippen LogP contribution in [0.15, 0.2) is 77.8 Å². The van der Waals surface area contributed by atoms with Gasteiger partial charge in [0, 0.05) is 11.4 Å². The van der Waals surface area contributed by atoms with Crippen molar-refractivity contribution in [3.8, 4) is 17.2 Å². The third-order valence-electron chi connectivity index (χ3n) is 5.96. The van der Waals surface area contributed by atoms with Crippen molar-refractivity contribution in [2.24, 2.45) is 4.99 Å². The summed E-state index contributed by atoms with van der Waals surface area (Å²) < 4.78 is 13.0. The smallest absolute Gasteiger partial charge is 0.231 e. The van der Waals surface area contributed by atoms with E-state index in [1.807, 2.05) is 72.3 Å². The maximum absolute atomic E-state index is 6.17. The number of halogens is 1. The number of hydrogen-bond donors (Lipinski definition) is 1. The van der Waals surface area contributed by atoms with Crippen molar-refractivity contribution < 1.29 is 9.47 Å². The average molecular weight is 457 g/mol. The highest BCUT2D eigenvalue weighted by Gasteiger charge is 2.27. The maximum Gasteiger partial charge on any atom is 0.231 e. The number of anilines is 1. The third kappa shape index (κ3) is 3.62. The minimum atomic E-state index is -0.0220. The van der Waals surface area contributed by atoms with E-state index in [4.69, 9.17) is 31.2 Å². The molecule has 3 aromatic carbocycles. The topological polar surface area (TPSA) is 60.7 Å². The summed E-state index contributed by atoms with van der Waals surface area (Å²) in [6.07, 6.45) is 0.685. The molecule has 0 spiro atoms. The third-order valence-corrected chi connectivity index (χ3v) is 6.21. The molecule has 33 heavy (non-hydrogen) atoms. The van der Waals surface area contributed by atoms with Gasteiger partial charge in [0.25, 0.3) is 0 Å². The van der Waals surface area contributed by atoms with Gasteiger partial charge >= 0.3 is 0 Å². The fourth-order valence-electron chi connectivity index (χ4n) is 4.28. The first kappa shape index (κ1) is 19.9. The molecule has 3 heterocycles. The molecule has 0 saturated carbocycles. The van der Waals surface area contributed by atoms with Crippen LogP contribution in [0, 0.1) is 6.92 Å². The minimum absolute atomic E-state index is 0.0220. The van der Waals surface area contributed by atoms with Crippen molar-refractivity contribution in [3.05, 3.63) is 94.6 Å². The Morgan fingerprint density at radius 2 is 1.76 bits per heavy atom. The van der Waals surface area contributed by atoms with Gasteiger partial charge in [0.15, 0.2) is 17.3 Å². The van der Waals surface area contributed by atoms with Crippen molar-refractivity contribution in [3.63, 3.8) is 0 Å². The SMILES string of the molecule is Cc1nn(-c2ccccc2)c2c1N=C(c1ccc3c(c1)OCO3)C[C@@H](c1ccc(Cl)cc1)N2. The number of fused-ring (bicyclic) bond motifs is 2. The Hall–Kier alpha value is -3.77. The molecule has 6 nitrogen and oxygen atoms in total. The zero-order valence-electron chi connectivity index (χ0n) is 18.0. The molecule has 0 bridgehead atoms. The molecule has 0 aliphatic carbocycles. The predicted molar refractivity (Wildman–Crippen MR) is 129 cm³/mol. The van der Waals surface area contributed by atoms with E-state index in [2.05, 4.69) is 17.4 Å². The standard InChI is InChI=1S/C26H21ClN4O2/c1-16-25-26(31(30-16)20-5-3-2-4-6-20)29-21(17-7-10-19(27)11-8-17)14-22(28-25)18-9-12-23-24(13-18)33-15-32-23/h2-13,21,29H,14-15H2,1H3/t21-/m0/s1. The maximum atomic E-state index is 6.17. The quantitative estimate of drug-likeness (QED) is 0.396. The van der Waals surface area contributed by atoms with Crippen LogP contribution in [0.5, 0.6) is 11.5 Å². The van der Waals surface area contributed by atoms with Crippen LogP contribution < -0.4 is 14.8 Å². The first-order chi connectivity index (χ1) is 16.2. The highest BCUT2D eigenvalue weighted by molar-refractivity contribution is 6.30. The van der Waals surface area contributed by atoms with E-state index in [0.717, 1.165) is 51.2 Å². The predicted octanol–water partition coefficient (Wildman–Crippen LogP) is 6.24. The molecule has 1 aromatic heterocycles. The van der Waals surface area contributed by atoms with Gasteiger partial charge in [-0.2, -0.15) is 5.10 Å². The van der Waals surface area contributed by atoms with Crippen molar-refractivity contribution >= 4 is 28.8 Å². The molecule has 164 valence electrons. The molecular weight excluding hydrogens is 436 g/mol. The lowest BCUT2D eigenvalue weighted by Crippen LogP contribution is -2.16. The molecule has 0 saturated heterocycles. The Bertz CT molecular complexity index is 1360. The van der Waals surface area contributed by atoms with E-state index in [1.165, 1.54) is 0 Å². The Balaban J connectivity index is 1.51. The van der Waals surface area contributed by atoms with Crippen LogP contribution in [0.25, 0.3) is 5.69 Å². The number of aryl methyl sites for hydroxylation is 1. The molecule has 2 aliphatic rings. The summed E-state index contributed by atoms with van der Waals surface area (Å²) in [6.45, 7) is 2.23. The number of nitrogens with one attached hydrogen (secondary N) is 1. The van der Waals surface area contributed by atoms with Gasteiger partial charge in [0.2, 0.25) is 6.79 Å². The molecule has 2 aliphatic heterocycles. The van der Waals surface area contributed by atoms with Crippen molar-refractivity contribution in [1.82, 2.24) is 9.78 Å². The minimum Gasteiger partial charge on any atom is -0.454 e. The number of nitrogens with zero attached hydrogens (tertiary/aromatic N) is 3. The Labute approximate surface area is 196 Å². The number of aliphatic imine (C=N–C) groups is 1. The largest absolute Gasteiger partial charge is 0.454 e. The molecular formula is C26H21ClN4O2. The summed E-state index contributed by atoms with van der Waals surface area (Å²) in [5.41, 5.74) is 5.75. The van der Waals surface area contributed by atoms with Gasteiger partial charge in [-0.1, -0.05) is 41.9 Å². The van der Waals surface area contributed by atoms with Crippen LogP contribution >= 0.6 is 11.6 Å². The van der Waals surface area contributed by atoms with E-state index in [-0.39, 0.29) is 12.8 Å². The van der Waals surface area contributed by atoms with E-state index >= 15 is 0 Å². The second kappa shape index (κ2) is 7.98. The van der Waals surface area contributed by atoms with Crippen LogP contribution in [0.2, 0.25) is 5.02 Å². The van der Waals surface area contributed by atoms with E-state index in [9.17, 15) is 0 Å². The van der Waals surface area contributed by atoms with Crippen LogP contribution in [0.4, 0.5) is 11.5 Å². The fraction of sp³-hybridized carbons (Fsp3) is 0.154. The number of rotatable bonds is 3. The van der Waals surface area contributed by atoms with Crippen molar-refractivity contribution in [2.45, 2.75) is 19.4 Å². The summed E-state index contributed by atoms with van der Waals surface area (Å²) in [5, 5.41) is 9.25. The van der Waals surface area contributed by atoms with Crippen LogP contribution in [-0.2, 0) is 0 Å². The van der Waals surface area contributed by atoms with E-state index in [0.29, 0.717) is 11.4 Å². The summed E-state index contributed by atoms with van der Waals surface area (Å²) >= 11 is 6.17. The van der Waals surface area contributed by atoms with Gasteiger partial charge < -0.3 is 14.8 Å². The normalized spacial score (nSPS) is 16.5. The Morgan fingerprint density at radius 1 is 0.970 bits per heavy atom. The Kier molecular flexibility index (Phi) is 4.80. The summed E-state index contributed by atoms with van der Waals surface area (Å²) in [7, 11) is 0. The lowest BCUT2D eigenvalue weighted by atomic mass is 9.97. The molecule has 7 heteroatoms. The van der Waals surface area contributed by atoms with Gasteiger partial charge in [-0.05, 0) is 60.5 Å². The molecule has 0 unspecified atom stereocenters. The molecule has 0 amide bonds. The number of ether oxygens (including phenoxy) is 2. The van der Waals surface area contributed by atoms with Crippen LogP contribution in [-0.4, -0.2) is 22.3 Å². The molecule has 4 aromatic rings. The fourth-order valence-corrected chi connectivity index (χ4v) is 4.41. The summed E-state index contributed by atoms with van der Waals surface area (Å²) in [5.74, 6) is 2.37. The molecule has 1 N–H and O–H groups in total. The van der Waals surface area contributed by atoms with Gasteiger partial charge in [-0.15, -0.1) is 0 Å². The zero-order valence-corrected chi connectivity index (χ0v) is 18.7. The van der Waals surface area contributed by atoms with Gasteiger partial charge in [0.1, 0.15) is 5.69 Å². The van der Waals surface area contributed by atoms with Gasteiger partial charge in [0.05, 0.1) is 23.1 Å². The van der Waals surface area contributed by atoms with E-state index < -0.39 is 0 Å². The number of hydrogen-bond acceptors (Lipinski definition) is 5. The highest BCUT2D eigenvalue weighted by Crippen LogP contribution is 2.40. The lowest BCUT2D eigenvalue weighted by molar-refractivity contribution is 0.174. The molecule has 6 rings (SSSR count). The zero-order chi connectivity index (χ0) is 22.4.